The number of aromatic amines is 1. The van der Waals surface area contributed by atoms with E-state index in [-0.39, 0.29) is 53.6 Å². The topological polar surface area (TPSA) is 279 Å². The molecule has 9 rings (SSSR count). The molecule has 3 aromatic heterocycles. The maximum atomic E-state index is 15.1. The first-order chi connectivity index (χ1) is 39.9. The number of hydrogen-bond donors (Lipinski definition) is 5. The second-order valence-electron chi connectivity index (χ2n) is 24.8. The molecule has 2 saturated heterocycles. The van der Waals surface area contributed by atoms with Crippen LogP contribution < -0.4 is 30.9 Å². The Morgan fingerprint density at radius 1 is 0.869 bits per heavy atom. The Morgan fingerprint density at radius 2 is 1.58 bits per heavy atom. The number of likely N-dealkylation sites (N-methyl/N-ethyl adjacent to an activating group) is 1. The molecule has 0 radical (unpaired) electrons. The van der Waals surface area contributed by atoms with Crippen molar-refractivity contribution in [3.05, 3.63) is 83.1 Å². The third kappa shape index (κ3) is 13.9. The third-order valence-corrected chi connectivity index (χ3v) is 19.3. The standard InChI is InChI=1S/C60H82N14O9S/c1-36-37(2)69-70-51(36)68-52-44-30-49(84(80,81)60(7,8)9)48(31-46(44)63-35-64-52)82-28-27-72-23-25-73(26-24-72)57-61-32-41(33-62-57)54(76)65-42-29-47(55(77)66-45-22-16-20-39-17-14-15-21-43(39)45)74(34-42)56(78)50(40-18-12-11-13-19-40)67-53(75)38(3)71(10)58(79)83-59(4,5)6/h14-15,17,21,30-33,35,38,40,42,45,47,50H,11-13,16,18-20,22-29,34H2,1-10H3,(H,65,76)(H,66,77)(H,67,75)(H2,63,64,68,69,70)/t38-,42-,45?,47-,50-/m0/s1. The quantitative estimate of drug-likeness (QED) is 0.0665. The number of fused-ring (bicyclic) bond motifs is 2. The van der Waals surface area contributed by atoms with Crippen LogP contribution in [0.1, 0.15) is 139 Å². The van der Waals surface area contributed by atoms with Gasteiger partial charge in [-0.2, -0.15) is 5.10 Å². The predicted octanol–water partition coefficient (Wildman–Crippen LogP) is 6.49. The number of nitrogens with one attached hydrogen (secondary N) is 5. The Bertz CT molecular complexity index is 3330. The summed E-state index contributed by atoms with van der Waals surface area (Å²) in [6.45, 7) is 18.8. The first kappa shape index (κ1) is 61.1. The lowest BCUT2D eigenvalue weighted by Gasteiger charge is -2.36. The van der Waals surface area contributed by atoms with Gasteiger partial charge < -0.3 is 40.5 Å². The van der Waals surface area contributed by atoms with Crippen LogP contribution in [-0.2, 0) is 35.4 Å². The number of benzene rings is 2. The van der Waals surface area contributed by atoms with Crippen molar-refractivity contribution in [3.63, 3.8) is 0 Å². The Morgan fingerprint density at radius 3 is 2.26 bits per heavy atom. The van der Waals surface area contributed by atoms with E-state index in [1.807, 2.05) is 36.9 Å². The summed E-state index contributed by atoms with van der Waals surface area (Å²) in [4.78, 5) is 96.0. The van der Waals surface area contributed by atoms with E-state index in [0.717, 1.165) is 55.3 Å². The van der Waals surface area contributed by atoms with Gasteiger partial charge in [0.15, 0.2) is 15.7 Å². The largest absolute Gasteiger partial charge is 0.491 e. The van der Waals surface area contributed by atoms with Crippen LogP contribution >= 0.6 is 0 Å². The lowest BCUT2D eigenvalue weighted by molar-refractivity contribution is -0.143. The van der Waals surface area contributed by atoms with E-state index in [1.54, 1.807) is 60.6 Å². The van der Waals surface area contributed by atoms with Crippen LogP contribution in [-0.4, -0.2) is 170 Å². The maximum absolute atomic E-state index is 15.1. The number of aromatic nitrogens is 6. The number of anilines is 3. The zero-order valence-corrected chi connectivity index (χ0v) is 50.9. The molecule has 5 aromatic rings. The maximum Gasteiger partial charge on any atom is 0.410 e. The van der Waals surface area contributed by atoms with Crippen molar-refractivity contribution in [2.75, 3.05) is 63.1 Å². The van der Waals surface area contributed by atoms with Gasteiger partial charge in [-0.05, 0) is 124 Å². The molecule has 3 fully saturated rings. The average molecular weight is 1180 g/mol. The molecule has 1 saturated carbocycles. The van der Waals surface area contributed by atoms with Crippen LogP contribution in [0.15, 0.2) is 60.0 Å². The highest BCUT2D eigenvalue weighted by molar-refractivity contribution is 7.92. The normalized spacial score (nSPS) is 19.7. The summed E-state index contributed by atoms with van der Waals surface area (Å²) in [5.41, 5.74) is 3.94. The van der Waals surface area contributed by atoms with Crippen molar-refractivity contribution in [1.82, 2.24) is 60.8 Å². The van der Waals surface area contributed by atoms with Crippen molar-refractivity contribution in [1.29, 1.82) is 0 Å². The number of nitrogens with zero attached hydrogens (tertiary/aromatic N) is 9. The summed E-state index contributed by atoms with van der Waals surface area (Å²) in [5.74, 6) is -0.300. The molecule has 5 heterocycles. The molecule has 4 aliphatic rings. The second kappa shape index (κ2) is 25.4. The van der Waals surface area contributed by atoms with Crippen molar-refractivity contribution in [3.8, 4) is 5.75 Å². The lowest BCUT2D eigenvalue weighted by Crippen LogP contribution is -2.59. The number of carbonyl (C=O) groups excluding carboxylic acids is 5. The molecule has 452 valence electrons. The molecule has 1 unspecified atom stereocenters. The number of rotatable bonds is 17. The minimum absolute atomic E-state index is 0.0182. The molecule has 23 nitrogen and oxygen atoms in total. The Hall–Kier alpha value is -7.47. The summed E-state index contributed by atoms with van der Waals surface area (Å²) in [5, 5.41) is 20.4. The van der Waals surface area contributed by atoms with E-state index in [4.69, 9.17) is 9.47 Å². The van der Waals surface area contributed by atoms with Gasteiger partial charge >= 0.3 is 6.09 Å². The van der Waals surface area contributed by atoms with Crippen molar-refractivity contribution < 1.29 is 41.9 Å². The highest BCUT2D eigenvalue weighted by Crippen LogP contribution is 2.38. The molecule has 84 heavy (non-hydrogen) atoms. The average Bonchev–Trinajstić information content (AvgIpc) is 4.22. The van der Waals surface area contributed by atoms with Gasteiger partial charge in [0.1, 0.15) is 53.1 Å². The number of aryl methyl sites for hydroxylation is 2. The lowest BCUT2D eigenvalue weighted by atomic mass is 9.83. The number of piperazine rings is 1. The number of amides is 5. The van der Waals surface area contributed by atoms with Gasteiger partial charge in [0.25, 0.3) is 5.91 Å². The van der Waals surface area contributed by atoms with Crippen LogP contribution in [0.4, 0.5) is 22.4 Å². The zero-order chi connectivity index (χ0) is 60.3. The Kier molecular flexibility index (Phi) is 18.5. The molecule has 2 aliphatic carbocycles. The van der Waals surface area contributed by atoms with E-state index in [2.05, 4.69) is 62.4 Å². The fourth-order valence-corrected chi connectivity index (χ4v) is 12.8. The fraction of sp³-hybridized carbons (Fsp3) is 0.567. The summed E-state index contributed by atoms with van der Waals surface area (Å²) >= 11 is 0. The molecular weight excluding hydrogens is 1090 g/mol. The molecule has 24 heteroatoms. The Balaban J connectivity index is 0.843. The molecule has 0 spiro atoms. The SMILES string of the molecule is Cc1[nH]nc(Nc2ncnc3cc(OCCN4CCN(c5ncc(C(=O)N[C@H]6C[C@@H](C(=O)NC7CCCc8ccccc87)N(C(=O)[C@@H](NC(=O)[C@H](C)N(C)C(=O)OC(C)(C)C)C7CCCCC7)C6)cn5)CC4)c(S(=O)(=O)C(C)(C)C)cc23)c1C. The van der Waals surface area contributed by atoms with Crippen LogP contribution in [0.25, 0.3) is 10.9 Å². The fourth-order valence-electron chi connectivity index (χ4n) is 11.4. The number of likely N-dealkylation sites (tertiary alicyclic amines) is 1. The minimum Gasteiger partial charge on any atom is -0.491 e. The number of carbonyl (C=O) groups is 5. The zero-order valence-electron chi connectivity index (χ0n) is 50.1. The molecular formula is C60H82N14O9S. The van der Waals surface area contributed by atoms with Gasteiger partial charge in [0, 0.05) is 87.5 Å². The van der Waals surface area contributed by atoms with E-state index >= 15 is 4.79 Å². The Labute approximate surface area is 492 Å². The highest BCUT2D eigenvalue weighted by Gasteiger charge is 2.46. The van der Waals surface area contributed by atoms with Gasteiger partial charge in [0.05, 0.1) is 21.9 Å². The number of sulfone groups is 1. The van der Waals surface area contributed by atoms with Crippen LogP contribution in [0.3, 0.4) is 0 Å². The minimum atomic E-state index is -3.88. The van der Waals surface area contributed by atoms with Crippen molar-refractivity contribution in [2.24, 2.45) is 5.92 Å². The van der Waals surface area contributed by atoms with Gasteiger partial charge in [-0.3, -0.25) is 34.1 Å². The van der Waals surface area contributed by atoms with E-state index in [1.165, 1.54) is 41.1 Å². The second-order valence-corrected chi connectivity index (χ2v) is 27.4. The number of ether oxygens (including phenoxy) is 2. The molecule has 5 amide bonds. The molecule has 5 N–H and O–H groups in total. The van der Waals surface area contributed by atoms with Crippen molar-refractivity contribution >= 4 is 68.0 Å². The molecule has 2 aromatic carbocycles. The third-order valence-electron chi connectivity index (χ3n) is 16.7. The van der Waals surface area contributed by atoms with Crippen LogP contribution in [0.5, 0.6) is 5.75 Å². The van der Waals surface area contributed by atoms with Gasteiger partial charge in [-0.25, -0.2) is 33.1 Å². The number of hydrogen-bond acceptors (Lipinski definition) is 17. The summed E-state index contributed by atoms with van der Waals surface area (Å²) in [7, 11) is -2.40. The first-order valence-corrected chi connectivity index (χ1v) is 30.8. The molecule has 5 atom stereocenters. The van der Waals surface area contributed by atoms with Crippen LogP contribution in [0, 0.1) is 19.8 Å². The highest BCUT2D eigenvalue weighted by atomic mass is 32.2. The molecule has 0 bridgehead atoms. The summed E-state index contributed by atoms with van der Waals surface area (Å²) in [6, 6.07) is 7.47. The predicted molar refractivity (Wildman–Crippen MR) is 318 cm³/mol. The van der Waals surface area contributed by atoms with E-state index < -0.39 is 68.2 Å². The summed E-state index contributed by atoms with van der Waals surface area (Å²) in [6.07, 6.45) is 10.5. The van der Waals surface area contributed by atoms with E-state index in [9.17, 15) is 27.6 Å². The first-order valence-electron chi connectivity index (χ1n) is 29.4. The van der Waals surface area contributed by atoms with E-state index in [0.29, 0.717) is 74.1 Å². The summed E-state index contributed by atoms with van der Waals surface area (Å²) < 4.78 is 38.9. The molecule has 2 aliphatic heterocycles. The van der Waals surface area contributed by atoms with Gasteiger partial charge in [-0.15, -0.1) is 0 Å². The van der Waals surface area contributed by atoms with Crippen molar-refractivity contribution in [2.45, 2.75) is 166 Å². The van der Waals surface area contributed by atoms with Gasteiger partial charge in [-0.1, -0.05) is 43.5 Å². The van der Waals surface area contributed by atoms with Gasteiger partial charge in [0.2, 0.25) is 23.7 Å². The van der Waals surface area contributed by atoms with Crippen LogP contribution in [0.2, 0.25) is 0 Å². The monoisotopic (exact) mass is 1170 g/mol. The number of H-pyrrole nitrogens is 1. The smallest absolute Gasteiger partial charge is 0.410 e.